The lowest BCUT2D eigenvalue weighted by atomic mass is 9.99. The molecule has 108 valence electrons. The standard InChI is InChI=1S/C16H32O2/c1-4-5-6-7-8-9-10-11-12-13-15(2)14-16(17)18-3/h15H,4-14H2,1-3H3/t15-/m1/s1. The molecule has 0 aliphatic heterocycles. The van der Waals surface area contributed by atoms with Gasteiger partial charge in [-0.25, -0.2) is 0 Å². The molecule has 0 amide bonds. The van der Waals surface area contributed by atoms with Gasteiger partial charge in [-0.15, -0.1) is 0 Å². The fourth-order valence-corrected chi connectivity index (χ4v) is 2.27. The smallest absolute Gasteiger partial charge is 0.305 e. The molecule has 0 heterocycles. The lowest BCUT2D eigenvalue weighted by Gasteiger charge is -2.09. The average Bonchev–Trinajstić information content (AvgIpc) is 2.36. The van der Waals surface area contributed by atoms with Gasteiger partial charge in [-0.3, -0.25) is 4.79 Å². The highest BCUT2D eigenvalue weighted by Gasteiger charge is 2.08. The number of ether oxygens (including phenoxy) is 1. The van der Waals surface area contributed by atoms with Crippen molar-refractivity contribution in [2.75, 3.05) is 7.11 Å². The summed E-state index contributed by atoms with van der Waals surface area (Å²) in [4.78, 5) is 11.1. The van der Waals surface area contributed by atoms with E-state index in [2.05, 4.69) is 18.6 Å². The van der Waals surface area contributed by atoms with Crippen LogP contribution in [-0.4, -0.2) is 13.1 Å². The summed E-state index contributed by atoms with van der Waals surface area (Å²) in [6.45, 7) is 4.40. The highest BCUT2D eigenvalue weighted by atomic mass is 16.5. The lowest BCUT2D eigenvalue weighted by Crippen LogP contribution is -2.06. The Hall–Kier alpha value is -0.530. The summed E-state index contributed by atoms with van der Waals surface area (Å²) in [6.07, 6.45) is 14.0. The minimum Gasteiger partial charge on any atom is -0.469 e. The number of carbonyl (C=O) groups excluding carboxylic acids is 1. The summed E-state index contributed by atoms with van der Waals surface area (Å²) >= 11 is 0. The van der Waals surface area contributed by atoms with Crippen molar-refractivity contribution >= 4 is 5.97 Å². The fraction of sp³-hybridized carbons (Fsp3) is 0.938. The minimum atomic E-state index is -0.0709. The second-order valence-electron chi connectivity index (χ2n) is 5.50. The van der Waals surface area contributed by atoms with Crippen molar-refractivity contribution in [3.63, 3.8) is 0 Å². The Morgan fingerprint density at radius 3 is 1.94 bits per heavy atom. The molecule has 0 bridgehead atoms. The van der Waals surface area contributed by atoms with Crippen molar-refractivity contribution in [3.05, 3.63) is 0 Å². The van der Waals surface area contributed by atoms with E-state index in [0.29, 0.717) is 12.3 Å². The minimum absolute atomic E-state index is 0.0709. The number of esters is 1. The van der Waals surface area contributed by atoms with Gasteiger partial charge in [0.05, 0.1) is 7.11 Å². The van der Waals surface area contributed by atoms with Gasteiger partial charge < -0.3 is 4.74 Å². The number of carbonyl (C=O) groups is 1. The van der Waals surface area contributed by atoms with Crippen LogP contribution in [0.15, 0.2) is 0 Å². The molecule has 0 N–H and O–H groups in total. The molecule has 0 aromatic carbocycles. The first-order chi connectivity index (χ1) is 8.70. The Morgan fingerprint density at radius 2 is 1.44 bits per heavy atom. The summed E-state index contributed by atoms with van der Waals surface area (Å²) in [5.74, 6) is 0.403. The molecule has 0 aromatic heterocycles. The Kier molecular flexibility index (Phi) is 12.5. The van der Waals surface area contributed by atoms with Gasteiger partial charge in [-0.05, 0) is 5.92 Å². The maximum absolute atomic E-state index is 11.1. The van der Waals surface area contributed by atoms with Gasteiger partial charge >= 0.3 is 5.97 Å². The number of methoxy groups -OCH3 is 1. The average molecular weight is 256 g/mol. The first-order valence-corrected chi connectivity index (χ1v) is 7.77. The van der Waals surface area contributed by atoms with E-state index in [1.54, 1.807) is 0 Å². The first kappa shape index (κ1) is 17.5. The maximum Gasteiger partial charge on any atom is 0.305 e. The molecule has 0 aromatic rings. The van der Waals surface area contributed by atoms with Crippen LogP contribution in [0.2, 0.25) is 0 Å². The molecule has 0 spiro atoms. The second-order valence-corrected chi connectivity index (χ2v) is 5.50. The van der Waals surface area contributed by atoms with E-state index in [1.807, 2.05) is 0 Å². The topological polar surface area (TPSA) is 26.3 Å². The molecule has 0 fully saturated rings. The molecule has 2 nitrogen and oxygen atoms in total. The Bertz CT molecular complexity index is 190. The zero-order valence-electron chi connectivity index (χ0n) is 12.7. The summed E-state index contributed by atoms with van der Waals surface area (Å²) in [5.41, 5.74) is 0. The van der Waals surface area contributed by atoms with Gasteiger partial charge in [0.1, 0.15) is 0 Å². The van der Waals surface area contributed by atoms with E-state index in [9.17, 15) is 4.79 Å². The van der Waals surface area contributed by atoms with Crippen LogP contribution in [0.25, 0.3) is 0 Å². The lowest BCUT2D eigenvalue weighted by molar-refractivity contribution is -0.141. The van der Waals surface area contributed by atoms with Gasteiger partial charge in [-0.1, -0.05) is 78.1 Å². The predicted octanol–water partition coefficient (Wildman–Crippen LogP) is 5.11. The molecule has 0 unspecified atom stereocenters. The van der Waals surface area contributed by atoms with Crippen LogP contribution in [0.1, 0.15) is 84.5 Å². The van der Waals surface area contributed by atoms with Crippen LogP contribution >= 0.6 is 0 Å². The summed E-state index contributed by atoms with van der Waals surface area (Å²) < 4.78 is 4.67. The maximum atomic E-state index is 11.1. The SMILES string of the molecule is CCCCCCCCCCC[C@@H](C)CC(=O)OC. The normalized spacial score (nSPS) is 12.4. The fourth-order valence-electron chi connectivity index (χ4n) is 2.27. The Morgan fingerprint density at radius 1 is 0.944 bits per heavy atom. The number of hydrogen-bond donors (Lipinski definition) is 0. The largest absolute Gasteiger partial charge is 0.469 e. The van der Waals surface area contributed by atoms with Crippen molar-refractivity contribution in [2.24, 2.45) is 5.92 Å². The van der Waals surface area contributed by atoms with Gasteiger partial charge in [0.25, 0.3) is 0 Å². The highest BCUT2D eigenvalue weighted by molar-refractivity contribution is 5.69. The molecular weight excluding hydrogens is 224 g/mol. The summed E-state index contributed by atoms with van der Waals surface area (Å²) in [7, 11) is 1.47. The monoisotopic (exact) mass is 256 g/mol. The van der Waals surface area contributed by atoms with E-state index in [0.717, 1.165) is 6.42 Å². The van der Waals surface area contributed by atoms with E-state index < -0.39 is 0 Å². The molecule has 18 heavy (non-hydrogen) atoms. The van der Waals surface area contributed by atoms with E-state index >= 15 is 0 Å². The van der Waals surface area contributed by atoms with Gasteiger partial charge in [0.2, 0.25) is 0 Å². The van der Waals surface area contributed by atoms with Crippen LogP contribution in [0.5, 0.6) is 0 Å². The van der Waals surface area contributed by atoms with E-state index in [4.69, 9.17) is 0 Å². The zero-order chi connectivity index (χ0) is 13.6. The zero-order valence-corrected chi connectivity index (χ0v) is 12.7. The predicted molar refractivity (Wildman–Crippen MR) is 77.6 cm³/mol. The number of rotatable bonds is 12. The summed E-state index contributed by atoms with van der Waals surface area (Å²) in [6, 6.07) is 0. The van der Waals surface area contributed by atoms with Crippen molar-refractivity contribution < 1.29 is 9.53 Å². The molecular formula is C16H32O2. The van der Waals surface area contributed by atoms with E-state index in [-0.39, 0.29) is 5.97 Å². The van der Waals surface area contributed by atoms with Crippen molar-refractivity contribution in [2.45, 2.75) is 84.5 Å². The molecule has 0 aliphatic carbocycles. The Labute approximate surface area is 113 Å². The third-order valence-electron chi connectivity index (χ3n) is 3.54. The van der Waals surface area contributed by atoms with E-state index in [1.165, 1.54) is 64.9 Å². The van der Waals surface area contributed by atoms with Crippen LogP contribution in [0, 0.1) is 5.92 Å². The molecule has 0 saturated heterocycles. The van der Waals surface area contributed by atoms with Crippen LogP contribution in [-0.2, 0) is 9.53 Å². The number of unbranched alkanes of at least 4 members (excludes halogenated alkanes) is 8. The third kappa shape index (κ3) is 11.9. The van der Waals surface area contributed by atoms with Crippen molar-refractivity contribution in [3.8, 4) is 0 Å². The molecule has 0 rings (SSSR count). The molecule has 1 atom stereocenters. The summed E-state index contributed by atoms with van der Waals surface area (Å²) in [5, 5.41) is 0. The third-order valence-corrected chi connectivity index (χ3v) is 3.54. The molecule has 0 saturated carbocycles. The van der Waals surface area contributed by atoms with Gasteiger partial charge in [-0.2, -0.15) is 0 Å². The second kappa shape index (κ2) is 12.9. The molecule has 0 aliphatic rings. The quantitative estimate of drug-likeness (QED) is 0.358. The molecule has 0 radical (unpaired) electrons. The highest BCUT2D eigenvalue weighted by Crippen LogP contribution is 2.15. The van der Waals surface area contributed by atoms with Crippen molar-refractivity contribution in [1.82, 2.24) is 0 Å². The Balaban J connectivity index is 3.17. The first-order valence-electron chi connectivity index (χ1n) is 7.77. The molecule has 2 heteroatoms. The van der Waals surface area contributed by atoms with Crippen LogP contribution < -0.4 is 0 Å². The van der Waals surface area contributed by atoms with Crippen LogP contribution in [0.4, 0.5) is 0 Å². The van der Waals surface area contributed by atoms with Crippen LogP contribution in [0.3, 0.4) is 0 Å². The van der Waals surface area contributed by atoms with Gasteiger partial charge in [0, 0.05) is 6.42 Å². The number of hydrogen-bond acceptors (Lipinski definition) is 2. The van der Waals surface area contributed by atoms with Gasteiger partial charge in [0.15, 0.2) is 0 Å². The van der Waals surface area contributed by atoms with Crippen molar-refractivity contribution in [1.29, 1.82) is 0 Å².